The van der Waals surface area contributed by atoms with Crippen molar-refractivity contribution in [3.63, 3.8) is 0 Å². The maximum absolute atomic E-state index is 4.35. The van der Waals surface area contributed by atoms with Crippen molar-refractivity contribution in [3.8, 4) is 5.69 Å². The van der Waals surface area contributed by atoms with Gasteiger partial charge in [-0.1, -0.05) is 18.2 Å². The number of benzene rings is 1. The van der Waals surface area contributed by atoms with Gasteiger partial charge in [0.25, 0.3) is 5.78 Å². The monoisotopic (exact) mass is 338 g/mol. The quantitative estimate of drug-likeness (QED) is 0.529. The number of tetrazole rings is 1. The zero-order chi connectivity index (χ0) is 16.7. The summed E-state index contributed by atoms with van der Waals surface area (Å²) in [6, 6.07) is 8.06. The Balaban J connectivity index is 1.82. The molecule has 120 valence electrons. The minimum absolute atomic E-state index is 0.559. The van der Waals surface area contributed by atoms with Gasteiger partial charge < -0.3 is 0 Å². The summed E-state index contributed by atoms with van der Waals surface area (Å²) in [5.74, 6) is 0.559. The Bertz CT molecular complexity index is 1010. The maximum atomic E-state index is 4.35. The maximum Gasteiger partial charge on any atom is 0.253 e. The number of rotatable bonds is 3. The number of nitrogens with zero attached hydrogens (tertiary/aromatic N) is 8. The zero-order valence-corrected chi connectivity index (χ0v) is 14.2. The molecule has 0 N–H and O–H groups in total. The average molecular weight is 338 g/mol. The summed E-state index contributed by atoms with van der Waals surface area (Å²) in [7, 11) is 0. The van der Waals surface area contributed by atoms with Crippen molar-refractivity contribution in [3.05, 3.63) is 47.4 Å². The summed E-state index contributed by atoms with van der Waals surface area (Å²) >= 11 is 1.43. The molecule has 0 atom stereocenters. The molecule has 0 fully saturated rings. The molecule has 3 aromatic heterocycles. The smallest absolute Gasteiger partial charge is 0.216 e. The van der Waals surface area contributed by atoms with Crippen molar-refractivity contribution >= 4 is 17.5 Å². The zero-order valence-electron chi connectivity index (χ0n) is 13.4. The van der Waals surface area contributed by atoms with Gasteiger partial charge in [-0.05, 0) is 60.2 Å². The van der Waals surface area contributed by atoms with E-state index in [4.69, 9.17) is 0 Å². The van der Waals surface area contributed by atoms with Crippen LogP contribution in [0.15, 0.2) is 40.8 Å². The molecule has 0 radical (unpaired) electrons. The molecule has 0 amide bonds. The summed E-state index contributed by atoms with van der Waals surface area (Å²) in [6.07, 6.45) is 1.49. The van der Waals surface area contributed by atoms with Crippen LogP contribution < -0.4 is 0 Å². The molecule has 4 aromatic rings. The Morgan fingerprint density at radius 2 is 1.88 bits per heavy atom. The molecule has 0 aliphatic carbocycles. The summed E-state index contributed by atoms with van der Waals surface area (Å²) in [4.78, 5) is 8.50. The molecule has 0 saturated carbocycles. The first-order chi connectivity index (χ1) is 11.6. The van der Waals surface area contributed by atoms with Crippen molar-refractivity contribution in [1.82, 2.24) is 39.8 Å². The van der Waals surface area contributed by atoms with E-state index in [9.17, 15) is 0 Å². The number of hydrogen-bond donors (Lipinski definition) is 0. The number of para-hydroxylation sites is 1. The number of aryl methyl sites for hydroxylation is 3. The molecular formula is C15H14N8S. The van der Waals surface area contributed by atoms with Crippen molar-refractivity contribution in [2.45, 2.75) is 31.0 Å². The van der Waals surface area contributed by atoms with Gasteiger partial charge in [-0.15, -0.1) is 5.10 Å². The molecule has 0 aliphatic rings. The highest BCUT2D eigenvalue weighted by Gasteiger charge is 2.16. The van der Waals surface area contributed by atoms with Gasteiger partial charge in [-0.3, -0.25) is 0 Å². The van der Waals surface area contributed by atoms with E-state index in [1.54, 1.807) is 9.20 Å². The summed E-state index contributed by atoms with van der Waals surface area (Å²) < 4.78 is 3.44. The van der Waals surface area contributed by atoms with Gasteiger partial charge >= 0.3 is 0 Å². The lowest BCUT2D eigenvalue weighted by Gasteiger charge is -2.10. The van der Waals surface area contributed by atoms with E-state index in [2.05, 4.69) is 30.6 Å². The van der Waals surface area contributed by atoms with Crippen LogP contribution in [-0.4, -0.2) is 39.8 Å². The third-order valence-corrected chi connectivity index (χ3v) is 4.57. The average Bonchev–Trinajstić information content (AvgIpc) is 3.17. The minimum Gasteiger partial charge on any atom is -0.216 e. The second-order valence-electron chi connectivity index (χ2n) is 5.42. The largest absolute Gasteiger partial charge is 0.253 e. The summed E-state index contributed by atoms with van der Waals surface area (Å²) in [5, 5.41) is 17.9. The van der Waals surface area contributed by atoms with E-state index >= 15 is 0 Å². The SMILES string of the molecule is Cc1cc(Sc2nnnn2-c2c(C)cccc2C)n2ncnc2n1. The second-order valence-corrected chi connectivity index (χ2v) is 6.41. The molecule has 3 heterocycles. The highest BCUT2D eigenvalue weighted by Crippen LogP contribution is 2.29. The van der Waals surface area contributed by atoms with Gasteiger partial charge in [0.2, 0.25) is 5.16 Å². The molecule has 1 aromatic carbocycles. The van der Waals surface area contributed by atoms with E-state index in [1.807, 2.05) is 45.0 Å². The minimum atomic E-state index is 0.559. The first-order valence-corrected chi connectivity index (χ1v) is 8.15. The fourth-order valence-electron chi connectivity index (χ4n) is 2.59. The van der Waals surface area contributed by atoms with Crippen LogP contribution in [0, 0.1) is 20.8 Å². The van der Waals surface area contributed by atoms with E-state index < -0.39 is 0 Å². The Morgan fingerprint density at radius 1 is 1.08 bits per heavy atom. The fraction of sp³-hybridized carbons (Fsp3) is 0.200. The Hall–Kier alpha value is -2.81. The van der Waals surface area contributed by atoms with Crippen LogP contribution in [0.4, 0.5) is 0 Å². The van der Waals surface area contributed by atoms with Crippen molar-refractivity contribution in [2.24, 2.45) is 0 Å². The molecule has 0 saturated heterocycles. The van der Waals surface area contributed by atoms with Gasteiger partial charge in [0, 0.05) is 5.69 Å². The lowest BCUT2D eigenvalue weighted by Crippen LogP contribution is -2.05. The third-order valence-electron chi connectivity index (χ3n) is 3.64. The molecule has 4 rings (SSSR count). The predicted molar refractivity (Wildman–Crippen MR) is 88.3 cm³/mol. The van der Waals surface area contributed by atoms with Crippen molar-refractivity contribution in [1.29, 1.82) is 0 Å². The molecule has 0 spiro atoms. The van der Waals surface area contributed by atoms with Crippen LogP contribution in [0.2, 0.25) is 0 Å². The van der Waals surface area contributed by atoms with Gasteiger partial charge in [0.15, 0.2) is 0 Å². The van der Waals surface area contributed by atoms with E-state index in [0.717, 1.165) is 27.5 Å². The number of hydrogen-bond acceptors (Lipinski definition) is 7. The van der Waals surface area contributed by atoms with Crippen LogP contribution in [0.1, 0.15) is 16.8 Å². The van der Waals surface area contributed by atoms with Gasteiger partial charge in [0.1, 0.15) is 11.4 Å². The summed E-state index contributed by atoms with van der Waals surface area (Å²) in [5.41, 5.74) is 4.08. The highest BCUT2D eigenvalue weighted by atomic mass is 32.2. The molecule has 9 heteroatoms. The van der Waals surface area contributed by atoms with E-state index in [-0.39, 0.29) is 0 Å². The lowest BCUT2D eigenvalue weighted by atomic mass is 10.1. The molecule has 0 unspecified atom stereocenters. The number of fused-ring (bicyclic) bond motifs is 1. The topological polar surface area (TPSA) is 86.7 Å². The van der Waals surface area contributed by atoms with Crippen LogP contribution in [0.3, 0.4) is 0 Å². The lowest BCUT2D eigenvalue weighted by molar-refractivity contribution is 0.744. The van der Waals surface area contributed by atoms with E-state index in [0.29, 0.717) is 10.9 Å². The molecule has 0 aliphatic heterocycles. The van der Waals surface area contributed by atoms with Crippen LogP contribution in [0.5, 0.6) is 0 Å². The molecular weight excluding hydrogens is 324 g/mol. The van der Waals surface area contributed by atoms with Crippen LogP contribution in [-0.2, 0) is 0 Å². The fourth-order valence-corrected chi connectivity index (χ4v) is 3.51. The number of aromatic nitrogens is 8. The van der Waals surface area contributed by atoms with E-state index in [1.165, 1.54) is 18.1 Å². The van der Waals surface area contributed by atoms with Crippen LogP contribution >= 0.6 is 11.8 Å². The Kier molecular flexibility index (Phi) is 3.49. The van der Waals surface area contributed by atoms with Crippen molar-refractivity contribution in [2.75, 3.05) is 0 Å². The second kappa shape index (κ2) is 5.68. The first-order valence-electron chi connectivity index (χ1n) is 7.33. The molecule has 24 heavy (non-hydrogen) atoms. The van der Waals surface area contributed by atoms with Gasteiger partial charge in [-0.2, -0.15) is 19.3 Å². The first kappa shape index (κ1) is 14.8. The van der Waals surface area contributed by atoms with Gasteiger partial charge in [-0.25, -0.2) is 4.98 Å². The van der Waals surface area contributed by atoms with Crippen molar-refractivity contribution < 1.29 is 0 Å². The molecule has 8 nitrogen and oxygen atoms in total. The Labute approximate surface area is 141 Å². The Morgan fingerprint density at radius 3 is 2.67 bits per heavy atom. The standard InChI is InChI=1S/C15H14N8S/c1-9-5-4-6-10(2)13(9)23-15(19-20-21-23)24-12-7-11(3)18-14-16-8-17-22(12)14/h4-8H,1-3H3. The van der Waals surface area contributed by atoms with Crippen LogP contribution in [0.25, 0.3) is 11.5 Å². The molecule has 0 bridgehead atoms. The predicted octanol–water partition coefficient (Wildman–Crippen LogP) is 2.18. The summed E-state index contributed by atoms with van der Waals surface area (Å²) in [6.45, 7) is 6.02. The highest BCUT2D eigenvalue weighted by molar-refractivity contribution is 7.99. The normalized spacial score (nSPS) is 11.3. The third kappa shape index (κ3) is 2.42. The van der Waals surface area contributed by atoms with Gasteiger partial charge in [0.05, 0.1) is 5.69 Å².